The molecular formula is C62H62BClN18O6W2-2. The molecule has 2 aliphatic rings. The normalized spacial score (nSPS) is 12.4. The van der Waals surface area contributed by atoms with Gasteiger partial charge < -0.3 is 52.6 Å². The van der Waals surface area contributed by atoms with E-state index in [1.165, 1.54) is 41.2 Å². The van der Waals surface area contributed by atoms with Crippen LogP contribution in [0.25, 0.3) is 79.0 Å². The van der Waals surface area contributed by atoms with Gasteiger partial charge in [-0.25, -0.2) is 39.9 Å². The molecule has 0 spiro atoms. The first-order valence-corrected chi connectivity index (χ1v) is 28.1. The average molecular weight is 1570 g/mol. The third kappa shape index (κ3) is 14.1. The van der Waals surface area contributed by atoms with Crippen LogP contribution in [0, 0.1) is 14.9 Å². The van der Waals surface area contributed by atoms with E-state index in [1.54, 1.807) is 68.9 Å². The molecular weight excluding hydrogens is 1510 g/mol. The van der Waals surface area contributed by atoms with Gasteiger partial charge in [-0.05, 0) is 114 Å². The second-order valence-corrected chi connectivity index (χ2v) is 21.6. The Balaban J connectivity index is 0.000000193. The van der Waals surface area contributed by atoms with Crippen LogP contribution < -0.4 is 26.1 Å². The molecule has 0 saturated heterocycles. The zero-order valence-corrected chi connectivity index (χ0v) is 57.0. The van der Waals surface area contributed by atoms with Gasteiger partial charge in [-0.1, -0.05) is 29.8 Å². The largest absolute Gasteiger partial charge is 0.490 e. The molecule has 0 amide bonds. The topological polar surface area (TPSA) is 277 Å². The van der Waals surface area contributed by atoms with Crippen LogP contribution in [0.1, 0.15) is 88.7 Å². The average Bonchev–Trinajstić information content (AvgIpc) is 1.19. The van der Waals surface area contributed by atoms with Gasteiger partial charge in [-0.3, -0.25) is 18.7 Å². The van der Waals surface area contributed by atoms with E-state index in [1.807, 2.05) is 93.0 Å². The number of halogens is 1. The second-order valence-electron chi connectivity index (χ2n) is 21.2. The van der Waals surface area contributed by atoms with Crippen LogP contribution in [0.2, 0.25) is 5.02 Å². The van der Waals surface area contributed by atoms with Crippen LogP contribution in [0.15, 0.2) is 157 Å². The number of nitrogens with zero attached hydrogens (tertiary/aromatic N) is 18. The summed E-state index contributed by atoms with van der Waals surface area (Å²) in [5, 5.41) is 35.3. The Morgan fingerprint density at radius 1 is 0.567 bits per heavy atom. The van der Waals surface area contributed by atoms with Crippen LogP contribution in [0.3, 0.4) is 0 Å². The molecule has 0 unspecified atom stereocenters. The SMILES string of the molecule is CC(C)n1cnnc1-c1cccc(-n2cnc3cc(Cl)c(-n4cnc(C5CC5)c4)cc3c2=O)n1.COc1ccc(-c2cc3ncn(-c4cccc(-c5nncn5C(C)C)n4)c(=O)c3cc2-n2cnc(C3CC3)c2)cn1.COc1ccc(B(O)O)cn1.[CH3-].[CH3-].[W].[W]. The number of pyridine rings is 4. The van der Waals surface area contributed by atoms with E-state index in [-0.39, 0.29) is 80.2 Å². The maximum Gasteiger partial charge on any atom is 0.490 e. The summed E-state index contributed by atoms with van der Waals surface area (Å²) in [6, 6.07) is 25.4. The number of hydrogen-bond donors (Lipinski definition) is 2. The Bertz CT molecular complexity index is 4560. The predicted octanol–water partition coefficient (Wildman–Crippen LogP) is 8.76. The summed E-state index contributed by atoms with van der Waals surface area (Å²) < 4.78 is 20.6. The van der Waals surface area contributed by atoms with Crippen molar-refractivity contribution in [2.75, 3.05) is 14.2 Å². The van der Waals surface area contributed by atoms with Crippen molar-refractivity contribution >= 4 is 46.0 Å². The summed E-state index contributed by atoms with van der Waals surface area (Å²) in [5.41, 5.74) is 7.59. The van der Waals surface area contributed by atoms with E-state index < -0.39 is 7.12 Å². The van der Waals surface area contributed by atoms with E-state index in [0.717, 1.165) is 53.9 Å². The monoisotopic (exact) mass is 1570 g/mol. The first-order valence-electron chi connectivity index (χ1n) is 27.7. The van der Waals surface area contributed by atoms with Crippen molar-refractivity contribution in [1.82, 2.24) is 87.7 Å². The van der Waals surface area contributed by atoms with Gasteiger partial charge in [-0.2, -0.15) is 0 Å². The van der Waals surface area contributed by atoms with Crippen molar-refractivity contribution in [2.45, 2.75) is 77.3 Å². The molecule has 0 aliphatic heterocycles. The minimum absolute atomic E-state index is 0. The molecule has 0 radical (unpaired) electrons. The first kappa shape index (κ1) is 67.2. The van der Waals surface area contributed by atoms with Gasteiger partial charge in [0.15, 0.2) is 11.6 Å². The van der Waals surface area contributed by atoms with Gasteiger partial charge >= 0.3 is 7.12 Å². The molecule has 0 atom stereocenters. The van der Waals surface area contributed by atoms with Gasteiger partial charge in [0.1, 0.15) is 48.3 Å². The summed E-state index contributed by atoms with van der Waals surface area (Å²) >= 11 is 6.54. The number of imidazole rings is 2. The van der Waals surface area contributed by atoms with E-state index in [9.17, 15) is 9.59 Å². The molecule has 0 bridgehead atoms. The van der Waals surface area contributed by atoms with Gasteiger partial charge in [0.25, 0.3) is 11.1 Å². The van der Waals surface area contributed by atoms with Crippen molar-refractivity contribution in [3.05, 3.63) is 200 Å². The molecule has 2 saturated carbocycles. The molecule has 10 aromatic heterocycles. The fourth-order valence-electron chi connectivity index (χ4n) is 9.67. The van der Waals surface area contributed by atoms with Crippen molar-refractivity contribution in [2.24, 2.45) is 0 Å². The number of ether oxygens (including phenoxy) is 2. The number of rotatable bonds is 14. The number of methoxy groups -OCH3 is 2. The maximum atomic E-state index is 13.9. The van der Waals surface area contributed by atoms with Crippen molar-refractivity contribution in [3.63, 3.8) is 0 Å². The number of benzene rings is 2. The van der Waals surface area contributed by atoms with Crippen LogP contribution >= 0.6 is 11.6 Å². The van der Waals surface area contributed by atoms with Crippen LogP contribution in [0.4, 0.5) is 0 Å². The quantitative estimate of drug-likeness (QED) is 0.0760. The number of hydrogen-bond acceptors (Lipinski definition) is 18. The van der Waals surface area contributed by atoms with Crippen molar-refractivity contribution in [3.8, 4) is 68.9 Å². The Morgan fingerprint density at radius 2 is 1.04 bits per heavy atom. The molecule has 90 heavy (non-hydrogen) atoms. The fraction of sp³-hybridized carbons (Fsp3) is 0.226. The van der Waals surface area contributed by atoms with Gasteiger partial charge in [-0.15, -0.1) is 20.4 Å². The molecule has 14 rings (SSSR count). The van der Waals surface area contributed by atoms with E-state index in [4.69, 9.17) is 36.1 Å². The van der Waals surface area contributed by atoms with E-state index in [2.05, 4.69) is 69.1 Å². The maximum absolute atomic E-state index is 13.9. The molecule has 24 nitrogen and oxygen atoms in total. The van der Waals surface area contributed by atoms with Gasteiger partial charge in [0.05, 0.1) is 76.5 Å². The minimum Gasteiger partial charge on any atom is -0.481 e. The molecule has 460 valence electrons. The number of aromatic nitrogens is 18. The van der Waals surface area contributed by atoms with Crippen LogP contribution in [-0.2, 0) is 42.1 Å². The third-order valence-corrected chi connectivity index (χ3v) is 15.0. The van der Waals surface area contributed by atoms with E-state index in [0.29, 0.717) is 96.2 Å². The smallest absolute Gasteiger partial charge is 0.481 e. The van der Waals surface area contributed by atoms with Crippen LogP contribution in [0.5, 0.6) is 11.8 Å². The van der Waals surface area contributed by atoms with Gasteiger partial charge in [0, 0.05) is 113 Å². The number of fused-ring (bicyclic) bond motifs is 2. The zero-order valence-electron chi connectivity index (χ0n) is 50.3. The molecule has 2 N–H and O–H groups in total. The summed E-state index contributed by atoms with van der Waals surface area (Å²) in [6.07, 6.45) is 21.7. The van der Waals surface area contributed by atoms with Crippen LogP contribution in [-0.4, -0.2) is 119 Å². The summed E-state index contributed by atoms with van der Waals surface area (Å²) in [4.78, 5) is 63.3. The molecule has 2 aromatic carbocycles. The molecule has 10 heterocycles. The standard InChI is InChI=1S/C30H27N9O2.C24H21ClN8O.C6H8BNO3.2CH3.2W/c1-18(2)38-17-34-36-29(38)23-5-4-6-27(35-23)39-16-33-24-11-21(20-9-10-28(41-3)31-13-20)26(12-22(24)30(39)40)37-14-25(32-15-37)19-7-8-19;1-14(2)32-13-28-30-23(32)18-4-3-5-22(29-18)33-12-27-19-9-17(25)21(8-16(19)24(33)34)31-10-20(26-11-31)15-6-7-15;1-11-6-3-2-5(4-8-6)7(9)10;;;;/h4-6,9-19H,7-8H2,1-3H3;3-5,8-15H,6-7H2,1-2H3;2-4,9-10H,1H3;2*1H3;;/q;;;2*-1;;. The summed E-state index contributed by atoms with van der Waals surface area (Å²) in [6.45, 7) is 8.20. The second kappa shape index (κ2) is 28.8. The Labute approximate surface area is 551 Å². The Kier molecular flexibility index (Phi) is 21.5. The fourth-order valence-corrected chi connectivity index (χ4v) is 9.93. The van der Waals surface area contributed by atoms with Crippen molar-refractivity contribution < 1.29 is 61.7 Å². The molecule has 2 fully saturated rings. The minimum atomic E-state index is -1.46. The Hall–Kier alpha value is -8.73. The summed E-state index contributed by atoms with van der Waals surface area (Å²) in [5.74, 6) is 4.18. The zero-order chi connectivity index (χ0) is 59.8. The first-order chi connectivity index (χ1) is 41.7. The van der Waals surface area contributed by atoms with Gasteiger partial charge in [0.2, 0.25) is 11.8 Å². The van der Waals surface area contributed by atoms with Crippen molar-refractivity contribution in [1.29, 1.82) is 0 Å². The predicted molar refractivity (Wildman–Crippen MR) is 336 cm³/mol. The third-order valence-electron chi connectivity index (χ3n) is 14.7. The Morgan fingerprint density at radius 3 is 1.49 bits per heavy atom. The molecule has 28 heteroatoms. The summed E-state index contributed by atoms with van der Waals surface area (Å²) in [7, 11) is 1.62. The van der Waals surface area contributed by atoms with E-state index >= 15 is 0 Å². The molecule has 12 aromatic rings. The molecule has 2 aliphatic carbocycles.